The van der Waals surface area contributed by atoms with Crippen LogP contribution in [-0.2, 0) is 9.09 Å². The van der Waals surface area contributed by atoms with Gasteiger partial charge in [-0.05, 0) is 24.1 Å². The Morgan fingerprint density at radius 3 is 1.25 bits per heavy atom. The van der Waals surface area contributed by atoms with Crippen LogP contribution in [0.1, 0.15) is 142 Å². The van der Waals surface area contributed by atoms with Gasteiger partial charge in [-0.3, -0.25) is 4.57 Å². The summed E-state index contributed by atoms with van der Waals surface area (Å²) in [7, 11) is 0. The van der Waals surface area contributed by atoms with E-state index in [2.05, 4.69) is 13.8 Å². The minimum absolute atomic E-state index is 0.544. The van der Waals surface area contributed by atoms with E-state index in [1.165, 1.54) is 109 Å². The Kier molecular flexibility index (Phi) is 22.6. The van der Waals surface area contributed by atoms with Crippen LogP contribution in [-0.4, -0.2) is 12.8 Å². The van der Waals surface area contributed by atoms with Gasteiger partial charge >= 0.3 is 0 Å². The summed E-state index contributed by atoms with van der Waals surface area (Å²) in [5, 5.41) is 0. The second-order valence-electron chi connectivity index (χ2n) is 8.51. The second-order valence-corrected chi connectivity index (χ2v) is 11.9. The number of hydrogen-bond donors (Lipinski definition) is 0. The molecule has 0 N–H and O–H groups in total. The van der Waals surface area contributed by atoms with E-state index < -0.39 is 6.72 Å². The zero-order chi connectivity index (χ0) is 20.8. The van der Waals surface area contributed by atoms with E-state index in [9.17, 15) is 4.57 Å². The van der Waals surface area contributed by atoms with Gasteiger partial charge in [-0.15, -0.1) is 0 Å². The van der Waals surface area contributed by atoms with E-state index in [-0.39, 0.29) is 0 Å². The van der Waals surface area contributed by atoms with Crippen molar-refractivity contribution in [2.75, 3.05) is 12.8 Å². The molecule has 0 aliphatic carbocycles. The lowest BCUT2D eigenvalue weighted by Gasteiger charge is -2.11. The van der Waals surface area contributed by atoms with Crippen LogP contribution in [0.2, 0.25) is 0 Å². The molecule has 0 radical (unpaired) electrons. The summed E-state index contributed by atoms with van der Waals surface area (Å²) >= 11 is 6.10. The van der Waals surface area contributed by atoms with Crippen molar-refractivity contribution in [2.45, 2.75) is 142 Å². The van der Waals surface area contributed by atoms with Gasteiger partial charge in [0.05, 0.1) is 6.61 Å². The fourth-order valence-electron chi connectivity index (χ4n) is 3.64. The first-order valence-corrected chi connectivity index (χ1v) is 15.3. The zero-order valence-corrected chi connectivity index (χ0v) is 20.8. The van der Waals surface area contributed by atoms with Crippen molar-refractivity contribution in [3.8, 4) is 0 Å². The molecule has 0 aromatic rings. The third kappa shape index (κ3) is 22.8. The van der Waals surface area contributed by atoms with Crippen LogP contribution in [0.25, 0.3) is 0 Å². The predicted molar refractivity (Wildman–Crippen MR) is 128 cm³/mol. The van der Waals surface area contributed by atoms with Crippen LogP contribution >= 0.6 is 18.0 Å². The van der Waals surface area contributed by atoms with Gasteiger partial charge in [0.2, 0.25) is 0 Å². The van der Waals surface area contributed by atoms with Crippen molar-refractivity contribution in [3.63, 3.8) is 0 Å². The third-order valence-corrected chi connectivity index (χ3v) is 7.78. The van der Waals surface area contributed by atoms with Gasteiger partial charge in [0.1, 0.15) is 0 Å². The summed E-state index contributed by atoms with van der Waals surface area (Å²) in [5.74, 6) is 0. The number of hydrogen-bond acceptors (Lipinski definition) is 2. The Balaban J connectivity index is 3.32. The zero-order valence-electron chi connectivity index (χ0n) is 19.2. The van der Waals surface area contributed by atoms with Crippen LogP contribution in [0.15, 0.2) is 0 Å². The third-order valence-electron chi connectivity index (χ3n) is 5.56. The Morgan fingerprint density at radius 1 is 0.536 bits per heavy atom. The van der Waals surface area contributed by atoms with Crippen molar-refractivity contribution in [1.82, 2.24) is 0 Å². The maximum absolute atomic E-state index is 12.3. The SMILES string of the molecule is CCCCCCCCCCCCOP(=O)(Cl)CCCCCCCCCCCC. The molecule has 0 aliphatic heterocycles. The summed E-state index contributed by atoms with van der Waals surface area (Å²) in [6.07, 6.45) is 26.3. The molecule has 0 aromatic heterocycles. The first-order chi connectivity index (χ1) is 13.6. The summed E-state index contributed by atoms with van der Waals surface area (Å²) in [6, 6.07) is 0. The largest absolute Gasteiger partial charge is 0.318 e. The highest BCUT2D eigenvalue weighted by Crippen LogP contribution is 2.53. The van der Waals surface area contributed by atoms with Crippen molar-refractivity contribution in [3.05, 3.63) is 0 Å². The molecule has 0 heterocycles. The van der Waals surface area contributed by atoms with Crippen LogP contribution in [0, 0.1) is 0 Å². The van der Waals surface area contributed by atoms with Crippen LogP contribution < -0.4 is 0 Å². The first kappa shape index (κ1) is 28.5. The maximum Gasteiger partial charge on any atom is 0.290 e. The highest BCUT2D eigenvalue weighted by Gasteiger charge is 2.18. The highest BCUT2D eigenvalue weighted by molar-refractivity contribution is 7.85. The molecule has 1 atom stereocenters. The monoisotopic (exact) mass is 436 g/mol. The molecule has 0 spiro atoms. The molecule has 28 heavy (non-hydrogen) atoms. The van der Waals surface area contributed by atoms with E-state index >= 15 is 0 Å². The van der Waals surface area contributed by atoms with Crippen LogP contribution in [0.5, 0.6) is 0 Å². The lowest BCUT2D eigenvalue weighted by Crippen LogP contribution is -1.94. The molecule has 4 heteroatoms. The minimum Gasteiger partial charge on any atom is -0.318 e. The molecule has 0 bridgehead atoms. The van der Waals surface area contributed by atoms with Crippen molar-refractivity contribution < 1.29 is 9.09 Å². The Bertz CT molecular complexity index is 349. The molecule has 0 aliphatic rings. The smallest absolute Gasteiger partial charge is 0.290 e. The highest BCUT2D eigenvalue weighted by atomic mass is 35.7. The number of rotatable bonds is 23. The lowest BCUT2D eigenvalue weighted by atomic mass is 10.1. The first-order valence-electron chi connectivity index (χ1n) is 12.6. The van der Waals surface area contributed by atoms with Crippen molar-refractivity contribution >= 4 is 18.0 Å². The van der Waals surface area contributed by atoms with E-state index in [1.54, 1.807) is 0 Å². The molecule has 0 amide bonds. The number of unbranched alkanes of at least 4 members (excludes halogenated alkanes) is 18. The molecule has 0 aromatic carbocycles. The minimum atomic E-state index is -2.87. The molecular formula is C24H50ClO2P. The molecule has 0 saturated heterocycles. The second kappa shape index (κ2) is 22.2. The predicted octanol–water partition coefficient (Wildman–Crippen LogP) is 10.3. The summed E-state index contributed by atoms with van der Waals surface area (Å²) in [4.78, 5) is 0. The Hall–Kier alpha value is 0.480. The van der Waals surface area contributed by atoms with Gasteiger partial charge in [-0.25, -0.2) is 0 Å². The van der Waals surface area contributed by atoms with Gasteiger partial charge in [0.15, 0.2) is 0 Å². The molecule has 0 saturated carbocycles. The Morgan fingerprint density at radius 2 is 0.857 bits per heavy atom. The van der Waals surface area contributed by atoms with E-state index in [1.807, 2.05) is 0 Å². The van der Waals surface area contributed by atoms with Gasteiger partial charge < -0.3 is 4.52 Å². The maximum atomic E-state index is 12.3. The summed E-state index contributed by atoms with van der Waals surface area (Å²) in [5.41, 5.74) is 0. The van der Waals surface area contributed by atoms with Crippen molar-refractivity contribution in [1.29, 1.82) is 0 Å². The molecule has 2 nitrogen and oxygen atoms in total. The molecule has 0 fully saturated rings. The molecule has 0 rings (SSSR count). The van der Waals surface area contributed by atoms with Gasteiger partial charge in [0, 0.05) is 6.16 Å². The quantitative estimate of drug-likeness (QED) is 0.117. The van der Waals surface area contributed by atoms with E-state index in [4.69, 9.17) is 15.8 Å². The van der Waals surface area contributed by atoms with Gasteiger partial charge in [-0.2, -0.15) is 0 Å². The topological polar surface area (TPSA) is 26.3 Å². The average Bonchev–Trinajstić information content (AvgIpc) is 2.67. The van der Waals surface area contributed by atoms with Crippen LogP contribution in [0.4, 0.5) is 0 Å². The molecule has 1 unspecified atom stereocenters. The van der Waals surface area contributed by atoms with E-state index in [0.29, 0.717) is 12.8 Å². The molecule has 170 valence electrons. The number of halogens is 1. The average molecular weight is 437 g/mol. The standard InChI is InChI=1S/C24H50ClO2P/c1-3-5-7-9-11-13-15-17-19-21-23-27-28(25,26)24-22-20-18-16-14-12-10-8-6-4-2/h3-24H2,1-2H3. The fourth-order valence-corrected chi connectivity index (χ4v) is 5.34. The van der Waals surface area contributed by atoms with Gasteiger partial charge in [-0.1, -0.05) is 129 Å². The summed E-state index contributed by atoms with van der Waals surface area (Å²) in [6.45, 7) is 2.22. The fraction of sp³-hybridized carbons (Fsp3) is 1.00. The van der Waals surface area contributed by atoms with E-state index in [0.717, 1.165) is 19.3 Å². The normalized spacial score (nSPS) is 13.7. The van der Waals surface area contributed by atoms with Crippen LogP contribution in [0.3, 0.4) is 0 Å². The van der Waals surface area contributed by atoms with Crippen molar-refractivity contribution in [2.24, 2.45) is 0 Å². The summed E-state index contributed by atoms with van der Waals surface area (Å²) < 4.78 is 17.8. The Labute approximate surface area is 182 Å². The lowest BCUT2D eigenvalue weighted by molar-refractivity contribution is 0.310. The molecular weight excluding hydrogens is 387 g/mol. The van der Waals surface area contributed by atoms with Gasteiger partial charge in [0.25, 0.3) is 6.72 Å².